The van der Waals surface area contributed by atoms with Gasteiger partial charge in [-0.25, -0.2) is 12.8 Å². The minimum Gasteiger partial charge on any atom is -0.350 e. The van der Waals surface area contributed by atoms with E-state index in [1.54, 1.807) is 6.07 Å². The highest BCUT2D eigenvalue weighted by Crippen LogP contribution is 2.28. The Bertz CT molecular complexity index is 1440. The second-order valence-corrected chi connectivity index (χ2v) is 13.2. The van der Waals surface area contributed by atoms with E-state index in [0.717, 1.165) is 16.1 Å². The minimum absolute atomic E-state index is 0.0814. The summed E-state index contributed by atoms with van der Waals surface area (Å²) in [6.45, 7) is 4.48. The van der Waals surface area contributed by atoms with Crippen LogP contribution in [0.3, 0.4) is 0 Å². The number of rotatable bonds is 10. The van der Waals surface area contributed by atoms with Crippen LogP contribution in [0.25, 0.3) is 0 Å². The van der Waals surface area contributed by atoms with E-state index in [9.17, 15) is 22.4 Å². The van der Waals surface area contributed by atoms with Crippen LogP contribution >= 0.6 is 23.2 Å². The van der Waals surface area contributed by atoms with Crippen molar-refractivity contribution in [3.05, 3.63) is 99.8 Å². The van der Waals surface area contributed by atoms with Crippen LogP contribution in [0.1, 0.15) is 31.9 Å². The van der Waals surface area contributed by atoms with Crippen molar-refractivity contribution >= 4 is 50.7 Å². The maximum atomic E-state index is 14.8. The molecule has 11 heteroatoms. The summed E-state index contributed by atoms with van der Waals surface area (Å²) in [6, 6.07) is 18.1. The molecule has 0 aromatic heterocycles. The number of carbonyl (C=O) groups is 2. The minimum atomic E-state index is -4.00. The van der Waals surface area contributed by atoms with Gasteiger partial charge in [0.15, 0.2) is 0 Å². The topological polar surface area (TPSA) is 86.8 Å². The molecule has 3 aromatic rings. The third-order valence-electron chi connectivity index (χ3n) is 5.88. The molecule has 3 rings (SSSR count). The first kappa shape index (κ1) is 31.4. The zero-order valence-corrected chi connectivity index (χ0v) is 25.0. The van der Waals surface area contributed by atoms with Crippen LogP contribution in [-0.4, -0.2) is 49.5 Å². The lowest BCUT2D eigenvalue weighted by molar-refractivity contribution is -0.140. The molecule has 214 valence electrons. The van der Waals surface area contributed by atoms with Crippen molar-refractivity contribution < 1.29 is 22.4 Å². The molecule has 1 N–H and O–H groups in total. The lowest BCUT2D eigenvalue weighted by atomic mass is 10.0. The van der Waals surface area contributed by atoms with Crippen LogP contribution in [-0.2, 0) is 32.6 Å². The molecule has 0 aliphatic heterocycles. The first-order valence-electron chi connectivity index (χ1n) is 12.5. The number of anilines is 1. The van der Waals surface area contributed by atoms with Crippen molar-refractivity contribution in [2.24, 2.45) is 0 Å². The van der Waals surface area contributed by atoms with E-state index in [0.29, 0.717) is 0 Å². The third-order valence-corrected chi connectivity index (χ3v) is 7.46. The lowest BCUT2D eigenvalue weighted by Gasteiger charge is -2.35. The molecule has 1 atom stereocenters. The number of amides is 2. The van der Waals surface area contributed by atoms with Gasteiger partial charge in [0.1, 0.15) is 18.4 Å². The molecular weight excluding hydrogens is 576 g/mol. The quantitative estimate of drug-likeness (QED) is 0.332. The van der Waals surface area contributed by atoms with E-state index in [4.69, 9.17) is 23.2 Å². The average molecular weight is 609 g/mol. The molecule has 0 heterocycles. The number of sulfonamides is 1. The molecule has 0 saturated carbocycles. The Morgan fingerprint density at radius 1 is 0.950 bits per heavy atom. The maximum absolute atomic E-state index is 14.8. The van der Waals surface area contributed by atoms with Gasteiger partial charge >= 0.3 is 0 Å². The Morgan fingerprint density at radius 2 is 1.52 bits per heavy atom. The summed E-state index contributed by atoms with van der Waals surface area (Å²) in [7, 11) is -4.00. The summed E-state index contributed by atoms with van der Waals surface area (Å²) in [5, 5.41) is 3.27. The first-order chi connectivity index (χ1) is 18.6. The summed E-state index contributed by atoms with van der Waals surface area (Å²) in [6.07, 6.45) is 1.06. The second kappa shape index (κ2) is 13.0. The van der Waals surface area contributed by atoms with Gasteiger partial charge in [0.25, 0.3) is 0 Å². The Labute approximate surface area is 244 Å². The molecule has 0 saturated heterocycles. The number of benzene rings is 3. The van der Waals surface area contributed by atoms with Crippen molar-refractivity contribution in [2.75, 3.05) is 17.1 Å². The maximum Gasteiger partial charge on any atom is 0.244 e. The number of halogens is 3. The fraction of sp³-hybridized carbons (Fsp3) is 0.310. The van der Waals surface area contributed by atoms with Gasteiger partial charge in [-0.15, -0.1) is 0 Å². The molecule has 2 amide bonds. The highest BCUT2D eigenvalue weighted by atomic mass is 35.5. The molecule has 0 bridgehead atoms. The standard InChI is InChI=1S/C29H32Cl2FN3O4S/c1-29(2,3)33-28(37)26(14-20-10-6-5-7-11-20)34(18-21-12-8-9-13-25(21)32)27(36)19-35(40(4,38)39)24-16-22(30)15-23(31)17-24/h5-13,15-17,26H,14,18-19H2,1-4H3,(H,33,37)/t26-/m0/s1. The molecule has 0 radical (unpaired) electrons. The van der Waals surface area contributed by atoms with Crippen molar-refractivity contribution in [2.45, 2.75) is 45.3 Å². The number of hydrogen-bond acceptors (Lipinski definition) is 4. The smallest absolute Gasteiger partial charge is 0.244 e. The van der Waals surface area contributed by atoms with Crippen molar-refractivity contribution in [1.82, 2.24) is 10.2 Å². The van der Waals surface area contributed by atoms with E-state index in [2.05, 4.69) is 5.32 Å². The Morgan fingerprint density at radius 3 is 2.08 bits per heavy atom. The van der Waals surface area contributed by atoms with Crippen molar-refractivity contribution in [1.29, 1.82) is 0 Å². The molecule has 3 aromatic carbocycles. The van der Waals surface area contributed by atoms with Crippen LogP contribution in [0.15, 0.2) is 72.8 Å². The molecule has 40 heavy (non-hydrogen) atoms. The van der Waals surface area contributed by atoms with Gasteiger partial charge in [-0.1, -0.05) is 71.7 Å². The highest BCUT2D eigenvalue weighted by molar-refractivity contribution is 7.92. The number of hydrogen-bond donors (Lipinski definition) is 1. The predicted molar refractivity (Wildman–Crippen MR) is 157 cm³/mol. The van der Waals surface area contributed by atoms with Crippen molar-refractivity contribution in [3.63, 3.8) is 0 Å². The summed E-state index contributed by atoms with van der Waals surface area (Å²) < 4.78 is 41.3. The van der Waals surface area contributed by atoms with Crippen LogP contribution < -0.4 is 9.62 Å². The van der Waals surface area contributed by atoms with E-state index < -0.39 is 45.8 Å². The van der Waals surface area contributed by atoms with Gasteiger partial charge in [0, 0.05) is 34.1 Å². The summed E-state index contributed by atoms with van der Waals surface area (Å²) in [4.78, 5) is 28.9. The Kier molecular flexibility index (Phi) is 10.2. The fourth-order valence-electron chi connectivity index (χ4n) is 4.11. The zero-order chi connectivity index (χ0) is 29.7. The fourth-order valence-corrected chi connectivity index (χ4v) is 5.46. The molecule has 0 aliphatic rings. The van der Waals surface area contributed by atoms with Gasteiger partial charge in [-0.05, 0) is 50.6 Å². The summed E-state index contributed by atoms with van der Waals surface area (Å²) in [5.41, 5.74) is 0.395. The van der Waals surface area contributed by atoms with E-state index >= 15 is 0 Å². The molecule has 0 unspecified atom stereocenters. The largest absolute Gasteiger partial charge is 0.350 e. The van der Waals surface area contributed by atoms with Gasteiger partial charge < -0.3 is 10.2 Å². The molecular formula is C29H32Cl2FN3O4S. The SMILES string of the molecule is CC(C)(C)NC(=O)[C@H](Cc1ccccc1)N(Cc1ccccc1F)C(=O)CN(c1cc(Cl)cc(Cl)c1)S(C)(=O)=O. The number of nitrogens with one attached hydrogen (secondary N) is 1. The van der Waals surface area contributed by atoms with E-state index in [-0.39, 0.29) is 34.3 Å². The van der Waals surface area contributed by atoms with Gasteiger partial charge in [0.2, 0.25) is 21.8 Å². The van der Waals surface area contributed by atoms with Gasteiger partial charge in [-0.3, -0.25) is 13.9 Å². The number of carbonyl (C=O) groups excluding carboxylic acids is 2. The van der Waals surface area contributed by atoms with Gasteiger partial charge in [-0.2, -0.15) is 0 Å². The highest BCUT2D eigenvalue weighted by Gasteiger charge is 2.34. The summed E-state index contributed by atoms with van der Waals surface area (Å²) in [5.74, 6) is -1.73. The number of nitrogens with zero attached hydrogens (tertiary/aromatic N) is 2. The molecule has 0 fully saturated rings. The normalized spacial score (nSPS) is 12.5. The summed E-state index contributed by atoms with van der Waals surface area (Å²) >= 11 is 12.2. The van der Waals surface area contributed by atoms with Crippen LogP contribution in [0.5, 0.6) is 0 Å². The van der Waals surface area contributed by atoms with Crippen LogP contribution in [0, 0.1) is 5.82 Å². The van der Waals surface area contributed by atoms with Crippen molar-refractivity contribution in [3.8, 4) is 0 Å². The molecule has 7 nitrogen and oxygen atoms in total. The Hall–Kier alpha value is -3.14. The molecule has 0 aliphatic carbocycles. The average Bonchev–Trinajstić information content (AvgIpc) is 2.83. The van der Waals surface area contributed by atoms with Gasteiger partial charge in [0.05, 0.1) is 11.9 Å². The lowest BCUT2D eigenvalue weighted by Crippen LogP contribution is -2.56. The first-order valence-corrected chi connectivity index (χ1v) is 15.1. The molecule has 0 spiro atoms. The van der Waals surface area contributed by atoms with Crippen LogP contribution in [0.4, 0.5) is 10.1 Å². The Balaban J connectivity index is 2.10. The zero-order valence-electron chi connectivity index (χ0n) is 22.7. The monoisotopic (exact) mass is 607 g/mol. The van der Waals surface area contributed by atoms with E-state index in [1.807, 2.05) is 51.1 Å². The predicted octanol–water partition coefficient (Wildman–Crippen LogP) is 5.45. The van der Waals surface area contributed by atoms with E-state index in [1.165, 1.54) is 41.3 Å². The van der Waals surface area contributed by atoms with Crippen LogP contribution in [0.2, 0.25) is 10.0 Å². The second-order valence-electron chi connectivity index (χ2n) is 10.5. The third kappa shape index (κ3) is 8.94.